The van der Waals surface area contributed by atoms with Crippen LogP contribution >= 0.6 is 11.6 Å². The highest BCUT2D eigenvalue weighted by molar-refractivity contribution is 7.90. The molecule has 2 heterocycles. The monoisotopic (exact) mass is 661 g/mol. The number of halogens is 1. The van der Waals surface area contributed by atoms with Gasteiger partial charge >= 0.3 is 6.09 Å². The van der Waals surface area contributed by atoms with Gasteiger partial charge in [0.15, 0.2) is 15.5 Å². The number of phenolic OH excluding ortho intramolecular Hbond substituents is 1. The van der Waals surface area contributed by atoms with E-state index in [1.165, 1.54) is 62.0 Å². The molecule has 1 aliphatic carbocycles. The van der Waals surface area contributed by atoms with Crippen molar-refractivity contribution in [2.75, 3.05) is 16.9 Å². The molecule has 1 saturated carbocycles. The predicted molar refractivity (Wildman–Crippen MR) is 174 cm³/mol. The maximum Gasteiger partial charge on any atom is 0.407 e. The van der Waals surface area contributed by atoms with E-state index < -0.39 is 33.0 Å². The van der Waals surface area contributed by atoms with Gasteiger partial charge in [-0.2, -0.15) is 0 Å². The Kier molecular flexibility index (Phi) is 13.3. The van der Waals surface area contributed by atoms with Gasteiger partial charge in [0, 0.05) is 24.7 Å². The highest BCUT2D eigenvalue weighted by Crippen LogP contribution is 2.24. The number of benzene rings is 1. The highest BCUT2D eigenvalue weighted by atomic mass is 35.5. The molecule has 4 N–H and O–H groups in total. The Morgan fingerprint density at radius 3 is 2.24 bits per heavy atom. The molecule has 1 aromatic carbocycles. The van der Waals surface area contributed by atoms with Crippen LogP contribution in [0.4, 0.5) is 16.3 Å². The number of carbonyl (C=O) groups excluding carboxylic acids is 3. The lowest BCUT2D eigenvalue weighted by Gasteiger charge is -2.25. The van der Waals surface area contributed by atoms with Crippen molar-refractivity contribution in [3.63, 3.8) is 0 Å². The molecule has 244 valence electrons. The van der Waals surface area contributed by atoms with Gasteiger partial charge in [-0.25, -0.2) is 23.2 Å². The average molecular weight is 662 g/mol. The summed E-state index contributed by atoms with van der Waals surface area (Å²) in [6.45, 7) is 5.65. The number of aromatic nitrogens is 2. The minimum atomic E-state index is -3.55. The number of sulfone groups is 1. The van der Waals surface area contributed by atoms with Crippen molar-refractivity contribution >= 4 is 50.9 Å². The third-order valence-corrected chi connectivity index (χ3v) is 7.54. The molecule has 0 saturated heterocycles. The number of phenols is 1. The van der Waals surface area contributed by atoms with Crippen molar-refractivity contribution in [1.82, 2.24) is 15.3 Å². The summed E-state index contributed by atoms with van der Waals surface area (Å²) in [6.07, 6.45) is 9.38. The number of nitrogens with zero attached hydrogens (tertiary/aromatic N) is 2. The largest absolute Gasteiger partial charge is 0.507 e. The zero-order chi connectivity index (χ0) is 32.5. The molecular formula is C31H40ClN5O7S. The molecule has 0 spiro atoms. The third-order valence-electron chi connectivity index (χ3n) is 6.21. The molecule has 0 bridgehead atoms. The van der Waals surface area contributed by atoms with E-state index in [1.807, 2.05) is 20.8 Å². The smallest absolute Gasteiger partial charge is 0.407 e. The van der Waals surface area contributed by atoms with Crippen LogP contribution in [-0.2, 0) is 14.6 Å². The lowest BCUT2D eigenvalue weighted by molar-refractivity contribution is 0.0493. The Morgan fingerprint density at radius 2 is 1.67 bits per heavy atom. The lowest BCUT2D eigenvalue weighted by Crippen LogP contribution is -2.39. The highest BCUT2D eigenvalue weighted by Gasteiger charge is 2.21. The number of pyridine rings is 2. The summed E-state index contributed by atoms with van der Waals surface area (Å²) in [5.74, 6) is -1.66. The molecule has 12 nitrogen and oxygen atoms in total. The van der Waals surface area contributed by atoms with Gasteiger partial charge in [-0.15, -0.1) is 0 Å². The minimum Gasteiger partial charge on any atom is -0.507 e. The molecule has 3 amide bonds. The van der Waals surface area contributed by atoms with Gasteiger partial charge in [0.2, 0.25) is 0 Å². The van der Waals surface area contributed by atoms with Crippen LogP contribution in [0.2, 0.25) is 5.02 Å². The van der Waals surface area contributed by atoms with Crippen LogP contribution in [-0.4, -0.2) is 59.3 Å². The third kappa shape index (κ3) is 12.0. The van der Waals surface area contributed by atoms with Crippen molar-refractivity contribution in [1.29, 1.82) is 0 Å². The number of anilines is 2. The van der Waals surface area contributed by atoms with Crippen LogP contribution in [0.3, 0.4) is 0 Å². The summed E-state index contributed by atoms with van der Waals surface area (Å²) >= 11 is 5.76. The van der Waals surface area contributed by atoms with E-state index in [-0.39, 0.29) is 41.2 Å². The van der Waals surface area contributed by atoms with Gasteiger partial charge in [0.05, 0.1) is 21.2 Å². The zero-order valence-corrected chi connectivity index (χ0v) is 26.5. The molecule has 2 aromatic heterocycles. The van der Waals surface area contributed by atoms with E-state index in [1.54, 1.807) is 6.07 Å². The van der Waals surface area contributed by atoms with Crippen molar-refractivity contribution in [3.05, 3.63) is 71.1 Å². The summed E-state index contributed by atoms with van der Waals surface area (Å²) in [7, 11) is -3.55. The number of amides is 3. The number of hydrogen-bond acceptors (Lipinski definition) is 9. The maximum absolute atomic E-state index is 12.6. The second kappa shape index (κ2) is 16.2. The van der Waals surface area contributed by atoms with Gasteiger partial charge in [0.1, 0.15) is 17.2 Å². The molecule has 0 aliphatic heterocycles. The molecular weight excluding hydrogens is 622 g/mol. The second-order valence-corrected chi connectivity index (χ2v) is 13.6. The zero-order valence-electron chi connectivity index (χ0n) is 24.9. The number of alkyl carbamates (subject to hydrolysis) is 1. The molecule has 45 heavy (non-hydrogen) atoms. The van der Waals surface area contributed by atoms with Crippen molar-refractivity contribution in [2.24, 2.45) is 0 Å². The standard InChI is InChI=1S/C19H15ClN4O5S.C11H21NO2.CH4/c1-30(28,29)12-5-6-13(15(25)9-12)18(26)23-14-3-2-8-21-17(14)19(27)24-16-7-4-11(20)10-22-16;1-11(2,3)14-10(13)12-9-7-5-4-6-8-9;/h2-10,25H,1H3,(H,23,26)(H,22,24,27);9H,4-8H2,1-3H3,(H,12,13);1H4. The average Bonchev–Trinajstić information content (AvgIpc) is 2.94. The van der Waals surface area contributed by atoms with Crippen LogP contribution in [0.25, 0.3) is 0 Å². The first kappa shape index (κ1) is 37.0. The number of rotatable bonds is 6. The van der Waals surface area contributed by atoms with Crippen LogP contribution in [0, 0.1) is 0 Å². The SMILES string of the molecule is C.CC(C)(C)OC(=O)NC1CCCCC1.CS(=O)(=O)c1ccc(C(=O)Nc2cccnc2C(=O)Nc2ccc(Cl)cn2)c(O)c1. The van der Waals surface area contributed by atoms with E-state index in [0.717, 1.165) is 25.2 Å². The van der Waals surface area contributed by atoms with E-state index >= 15 is 0 Å². The van der Waals surface area contributed by atoms with Gasteiger partial charge in [-0.3, -0.25) is 9.59 Å². The summed E-state index contributed by atoms with van der Waals surface area (Å²) in [4.78, 5) is 44.3. The van der Waals surface area contributed by atoms with Gasteiger partial charge < -0.3 is 25.8 Å². The second-order valence-electron chi connectivity index (χ2n) is 11.1. The van der Waals surface area contributed by atoms with Crippen LogP contribution < -0.4 is 16.0 Å². The fourth-order valence-corrected chi connectivity index (χ4v) is 4.91. The maximum atomic E-state index is 12.6. The number of carbonyl (C=O) groups is 3. The molecule has 1 aliphatic rings. The lowest BCUT2D eigenvalue weighted by atomic mass is 9.96. The van der Waals surface area contributed by atoms with Gasteiger partial charge in [-0.05, 0) is 76.1 Å². The van der Waals surface area contributed by atoms with E-state index in [2.05, 4.69) is 25.9 Å². The Hall–Kier alpha value is -4.23. The van der Waals surface area contributed by atoms with E-state index in [0.29, 0.717) is 11.1 Å². The Labute approximate surface area is 268 Å². The Morgan fingerprint density at radius 1 is 0.978 bits per heavy atom. The summed E-state index contributed by atoms with van der Waals surface area (Å²) in [6, 6.07) is 9.71. The van der Waals surface area contributed by atoms with Gasteiger partial charge in [0.25, 0.3) is 11.8 Å². The number of nitrogens with one attached hydrogen (secondary N) is 3. The number of aromatic hydroxyl groups is 1. The topological polar surface area (TPSA) is 177 Å². The first-order valence-electron chi connectivity index (χ1n) is 13.8. The Balaban J connectivity index is 0.000000396. The fourth-order valence-electron chi connectivity index (χ4n) is 4.16. The summed E-state index contributed by atoms with van der Waals surface area (Å²) in [5, 5.41) is 18.4. The quantitative estimate of drug-likeness (QED) is 0.239. The van der Waals surface area contributed by atoms with Crippen molar-refractivity contribution in [2.45, 2.75) is 76.8 Å². The predicted octanol–water partition coefficient (Wildman–Crippen LogP) is 6.22. The van der Waals surface area contributed by atoms with E-state index in [4.69, 9.17) is 16.3 Å². The van der Waals surface area contributed by atoms with Crippen molar-refractivity contribution in [3.8, 4) is 5.75 Å². The molecule has 0 atom stereocenters. The van der Waals surface area contributed by atoms with Gasteiger partial charge in [-0.1, -0.05) is 38.3 Å². The van der Waals surface area contributed by atoms with E-state index in [9.17, 15) is 27.9 Å². The summed E-state index contributed by atoms with van der Waals surface area (Å²) in [5.41, 5.74) is -0.564. The fraction of sp³-hybridized carbons (Fsp3) is 0.387. The summed E-state index contributed by atoms with van der Waals surface area (Å²) < 4.78 is 28.3. The molecule has 1 fully saturated rings. The molecule has 4 rings (SSSR count). The minimum absolute atomic E-state index is 0. The molecule has 3 aromatic rings. The Bertz CT molecular complexity index is 1590. The van der Waals surface area contributed by atoms with Crippen molar-refractivity contribution < 1.29 is 32.6 Å². The van der Waals surface area contributed by atoms with Crippen LogP contribution in [0.15, 0.2) is 59.8 Å². The first-order chi connectivity index (χ1) is 20.6. The van der Waals surface area contributed by atoms with Crippen LogP contribution in [0.1, 0.15) is 81.1 Å². The number of hydrogen-bond donors (Lipinski definition) is 4. The molecule has 0 unspecified atom stereocenters. The number of ether oxygens (including phenoxy) is 1. The normalized spacial score (nSPS) is 13.3. The van der Waals surface area contributed by atoms with Crippen LogP contribution in [0.5, 0.6) is 5.75 Å². The first-order valence-corrected chi connectivity index (χ1v) is 16.1. The molecule has 0 radical (unpaired) electrons. The molecule has 14 heteroatoms.